The highest BCUT2D eigenvalue weighted by molar-refractivity contribution is 6.19. The van der Waals surface area contributed by atoms with Gasteiger partial charge in [0.2, 0.25) is 0 Å². The van der Waals surface area contributed by atoms with Gasteiger partial charge in [0.15, 0.2) is 5.78 Å². The van der Waals surface area contributed by atoms with E-state index in [2.05, 4.69) is 54.0 Å². The van der Waals surface area contributed by atoms with Gasteiger partial charge in [-0.05, 0) is 79.2 Å². The van der Waals surface area contributed by atoms with E-state index in [1.165, 1.54) is 0 Å². The molecule has 208 valence electrons. The molecule has 0 amide bonds. The first-order valence-electron chi connectivity index (χ1n) is 14.1. The lowest BCUT2D eigenvalue weighted by molar-refractivity contribution is -0.138. The predicted molar refractivity (Wildman–Crippen MR) is 155 cm³/mol. The number of aromatic nitrogens is 3. The van der Waals surface area contributed by atoms with Gasteiger partial charge in [0.1, 0.15) is 5.92 Å². The fourth-order valence-electron chi connectivity index (χ4n) is 7.13. The Bertz CT molecular complexity index is 1880. The van der Waals surface area contributed by atoms with E-state index in [9.17, 15) is 19.8 Å². The molecule has 4 atom stereocenters. The molecule has 1 fully saturated rings. The van der Waals surface area contributed by atoms with E-state index in [0.29, 0.717) is 22.9 Å². The Hall–Kier alpha value is -4.20. The summed E-state index contributed by atoms with van der Waals surface area (Å²) in [4.78, 5) is 36.8. The summed E-state index contributed by atoms with van der Waals surface area (Å²) in [6.45, 7) is 12.4. The van der Waals surface area contributed by atoms with Gasteiger partial charge in [0, 0.05) is 44.8 Å². The summed E-state index contributed by atoms with van der Waals surface area (Å²) < 4.78 is 0. The van der Waals surface area contributed by atoms with Crippen molar-refractivity contribution in [2.45, 2.75) is 60.4 Å². The monoisotopic (exact) mass is 540 g/mol. The molecule has 3 aromatic rings. The van der Waals surface area contributed by atoms with Crippen molar-refractivity contribution in [3.05, 3.63) is 71.9 Å². The second kappa shape index (κ2) is 9.18. The quantitative estimate of drug-likeness (QED) is 0.283. The third kappa shape index (κ3) is 3.51. The fraction of sp³-hybridized carbons (Fsp3) is 0.375. The van der Waals surface area contributed by atoms with Gasteiger partial charge in [-0.3, -0.25) is 9.59 Å². The zero-order valence-corrected chi connectivity index (χ0v) is 23.7. The van der Waals surface area contributed by atoms with Crippen molar-refractivity contribution in [3.63, 3.8) is 0 Å². The number of carboxylic acids is 1. The highest BCUT2D eigenvalue weighted by Crippen LogP contribution is 2.41. The minimum absolute atomic E-state index is 0.121. The number of aromatic amines is 3. The number of carboxylic acid groups (broad SMARTS) is 1. The fourth-order valence-corrected chi connectivity index (χ4v) is 7.13. The lowest BCUT2D eigenvalue weighted by Gasteiger charge is -2.23. The maximum Gasteiger partial charge on any atom is 0.318 e. The lowest BCUT2D eigenvalue weighted by Crippen LogP contribution is -2.37. The molecule has 3 aliphatic rings. The van der Waals surface area contributed by atoms with Gasteiger partial charge >= 0.3 is 5.97 Å². The van der Waals surface area contributed by atoms with E-state index in [-0.39, 0.29) is 23.7 Å². The van der Waals surface area contributed by atoms with Crippen LogP contribution in [0.25, 0.3) is 30.1 Å². The van der Waals surface area contributed by atoms with Gasteiger partial charge in [-0.15, -0.1) is 0 Å². The Morgan fingerprint density at radius 2 is 1.62 bits per heavy atom. The molecule has 3 aromatic heterocycles. The molecule has 6 rings (SSSR count). The Labute approximate surface area is 231 Å². The summed E-state index contributed by atoms with van der Waals surface area (Å²) >= 11 is 0. The Morgan fingerprint density at radius 1 is 0.950 bits per heavy atom. The minimum atomic E-state index is -1.22. The van der Waals surface area contributed by atoms with Crippen molar-refractivity contribution in [3.8, 4) is 0 Å². The first-order chi connectivity index (χ1) is 19.1. The average Bonchev–Trinajstić information content (AvgIpc) is 3.66. The normalized spacial score (nSPS) is 26.6. The number of hydrogen-bond acceptors (Lipinski definition) is 4. The van der Waals surface area contributed by atoms with Crippen molar-refractivity contribution >= 4 is 41.8 Å². The van der Waals surface area contributed by atoms with Crippen molar-refractivity contribution in [2.75, 3.05) is 0 Å². The highest BCUT2D eigenvalue weighted by atomic mass is 16.4. The average molecular weight is 541 g/mol. The molecule has 8 nitrogen and oxygen atoms in total. The van der Waals surface area contributed by atoms with Crippen LogP contribution in [0.5, 0.6) is 0 Å². The maximum atomic E-state index is 13.7. The topological polar surface area (TPSA) is 134 Å². The van der Waals surface area contributed by atoms with Crippen LogP contribution in [-0.2, 0) is 11.2 Å². The molecule has 0 radical (unpaired) electrons. The summed E-state index contributed by atoms with van der Waals surface area (Å²) in [5.74, 6) is -2.45. The SMILES string of the molecule is CCc1c2[nH]c(/c1=C\O)=C\c1[nH]c(c(C)c1C)/C=C1/NC(C3=c4[nH]/c(c(C)c4C(=O)[C@@H]3C(=O)O)=C\2)[C@@H](CC)[C@@H]1C. The van der Waals surface area contributed by atoms with Crippen molar-refractivity contribution in [2.24, 2.45) is 17.8 Å². The number of Topliss-reactive ketones (excluding diaryl/α,β-unsaturated/α-hetero) is 1. The number of aliphatic hydroxyl groups is 1. The molecule has 1 unspecified atom stereocenters. The maximum absolute atomic E-state index is 13.7. The summed E-state index contributed by atoms with van der Waals surface area (Å²) in [7, 11) is 0. The second-order valence-electron chi connectivity index (χ2n) is 11.4. The van der Waals surface area contributed by atoms with Gasteiger partial charge in [-0.2, -0.15) is 0 Å². The summed E-state index contributed by atoms with van der Waals surface area (Å²) in [5, 5.41) is 27.0. The Balaban J connectivity index is 1.77. The highest BCUT2D eigenvalue weighted by Gasteiger charge is 2.48. The smallest absolute Gasteiger partial charge is 0.318 e. The molecular weight excluding hydrogens is 504 g/mol. The first kappa shape index (κ1) is 26.0. The van der Waals surface area contributed by atoms with Gasteiger partial charge in [0.25, 0.3) is 0 Å². The van der Waals surface area contributed by atoms with Crippen molar-refractivity contribution in [1.82, 2.24) is 20.3 Å². The van der Waals surface area contributed by atoms with Crippen molar-refractivity contribution in [1.29, 1.82) is 0 Å². The molecule has 0 saturated carbocycles. The summed E-state index contributed by atoms with van der Waals surface area (Å²) in [5.41, 5.74) is 8.78. The Morgan fingerprint density at radius 3 is 2.25 bits per heavy atom. The number of allylic oxidation sites excluding steroid dienone is 1. The summed E-state index contributed by atoms with van der Waals surface area (Å²) in [6, 6.07) is -0.294. The third-order valence-corrected chi connectivity index (χ3v) is 9.54. The molecule has 6 N–H and O–H groups in total. The molecule has 8 heteroatoms. The van der Waals surface area contributed by atoms with Crippen LogP contribution in [0.4, 0.5) is 0 Å². The standard InChI is InChI=1S/C32H36N4O4/c1-7-17-15(5)22-9-20-13(3)14(4)21(33-20)10-25-19(12-37)18(8-2)24(34-25)11-23-16(6)26-30(36-23)27(29(17)35-22)28(31(26)38)32(39)40/h9-12,15,17,28-29,33-37H,7-8H2,1-6H3,(H,39,40)/b19-12-,22-9+,23-11-,25-10-/t15-,17-,28+,29?/m0/s1. The molecule has 0 spiro atoms. The molecule has 1 aliphatic carbocycles. The molecule has 8 bridgehead atoms. The zero-order valence-electron chi connectivity index (χ0n) is 23.7. The number of H-pyrrole nitrogens is 3. The van der Waals surface area contributed by atoms with Crippen LogP contribution in [0.1, 0.15) is 76.9 Å². The first-order valence-corrected chi connectivity index (χ1v) is 14.1. The number of ketones is 1. The molecule has 1 saturated heterocycles. The van der Waals surface area contributed by atoms with Crippen LogP contribution in [0.3, 0.4) is 0 Å². The molecular formula is C32H36N4O4. The lowest BCUT2D eigenvalue weighted by atomic mass is 9.81. The number of carbonyl (C=O) groups excluding carboxylic acids is 1. The number of fused-ring (bicyclic) bond motifs is 8. The molecule has 40 heavy (non-hydrogen) atoms. The number of nitrogens with one attached hydrogen (secondary N) is 4. The molecule has 0 aromatic carbocycles. The van der Waals surface area contributed by atoms with E-state index in [4.69, 9.17) is 0 Å². The van der Waals surface area contributed by atoms with E-state index < -0.39 is 11.9 Å². The van der Waals surface area contributed by atoms with E-state index in [1.807, 2.05) is 26.0 Å². The molecule has 2 aliphatic heterocycles. The largest absolute Gasteiger partial charge is 0.515 e. The molecule has 5 heterocycles. The van der Waals surface area contributed by atoms with Crippen molar-refractivity contribution < 1.29 is 19.8 Å². The van der Waals surface area contributed by atoms with Gasteiger partial charge in [0.05, 0.1) is 23.0 Å². The van der Waals surface area contributed by atoms with E-state index >= 15 is 0 Å². The minimum Gasteiger partial charge on any atom is -0.515 e. The van der Waals surface area contributed by atoms with Crippen LogP contribution in [0.15, 0.2) is 5.70 Å². The van der Waals surface area contributed by atoms with Crippen LogP contribution >= 0.6 is 0 Å². The van der Waals surface area contributed by atoms with Crippen LogP contribution in [0.2, 0.25) is 0 Å². The van der Waals surface area contributed by atoms with Crippen LogP contribution < -0.4 is 26.6 Å². The third-order valence-electron chi connectivity index (χ3n) is 9.54. The van der Waals surface area contributed by atoms with Crippen LogP contribution in [0, 0.1) is 38.5 Å². The van der Waals surface area contributed by atoms with Crippen LogP contribution in [-0.4, -0.2) is 43.0 Å². The Kier molecular flexibility index (Phi) is 5.98. The number of hydrogen-bond donors (Lipinski definition) is 6. The predicted octanol–water partition coefficient (Wildman–Crippen LogP) is 2.15. The number of aliphatic hydroxyl groups excluding tert-OH is 1. The number of carbonyl (C=O) groups is 2. The second-order valence-corrected chi connectivity index (χ2v) is 11.4. The number of rotatable bonds is 3. The van der Waals surface area contributed by atoms with Gasteiger partial charge in [-0.1, -0.05) is 27.2 Å². The zero-order chi connectivity index (χ0) is 28.6. The van der Waals surface area contributed by atoms with Gasteiger partial charge in [-0.25, -0.2) is 0 Å². The number of aliphatic carboxylic acids is 1. The van der Waals surface area contributed by atoms with E-state index in [1.54, 1.807) is 0 Å². The summed E-state index contributed by atoms with van der Waals surface area (Å²) in [6.07, 6.45) is 8.79. The van der Waals surface area contributed by atoms with E-state index in [0.717, 1.165) is 73.6 Å². The van der Waals surface area contributed by atoms with Gasteiger partial charge < -0.3 is 30.5 Å².